The first kappa shape index (κ1) is 21.0. The molecule has 0 spiro atoms. The standard InChI is InChI=1S/C20H16BrCl2NO3S/c1-2-13-11-14(21)7-10-20(13)28(25,26)24-17-5-3-4-6-19(17)27-18-9-8-15(22)12-16(18)23/h3-12,24H,2H2,1H3. The summed E-state index contributed by atoms with van der Waals surface area (Å²) in [4.78, 5) is 0.220. The number of aryl methyl sites for hydroxylation is 1. The molecule has 3 aromatic carbocycles. The number of benzene rings is 3. The summed E-state index contributed by atoms with van der Waals surface area (Å²) in [5, 5.41) is 0.806. The third-order valence-corrected chi connectivity index (χ3v) is 6.43. The normalized spacial score (nSPS) is 11.3. The number of para-hydroxylation sites is 2. The summed E-state index contributed by atoms with van der Waals surface area (Å²) in [6.45, 7) is 1.90. The van der Waals surface area contributed by atoms with Gasteiger partial charge in [0.2, 0.25) is 0 Å². The summed E-state index contributed by atoms with van der Waals surface area (Å²) in [7, 11) is -3.81. The van der Waals surface area contributed by atoms with Crippen LogP contribution in [-0.2, 0) is 16.4 Å². The molecule has 28 heavy (non-hydrogen) atoms. The van der Waals surface area contributed by atoms with E-state index in [1.165, 1.54) is 0 Å². The second-order valence-electron chi connectivity index (χ2n) is 5.88. The summed E-state index contributed by atoms with van der Waals surface area (Å²) >= 11 is 15.4. The van der Waals surface area contributed by atoms with Crippen molar-refractivity contribution in [2.45, 2.75) is 18.2 Å². The number of nitrogens with one attached hydrogen (secondary N) is 1. The minimum absolute atomic E-state index is 0.220. The minimum atomic E-state index is -3.81. The van der Waals surface area contributed by atoms with E-state index in [4.69, 9.17) is 27.9 Å². The number of sulfonamides is 1. The Labute approximate surface area is 182 Å². The van der Waals surface area contributed by atoms with E-state index in [0.29, 0.717) is 39.2 Å². The lowest BCUT2D eigenvalue weighted by atomic mass is 10.2. The van der Waals surface area contributed by atoms with Crippen LogP contribution in [0.25, 0.3) is 0 Å². The van der Waals surface area contributed by atoms with Crippen LogP contribution in [0.5, 0.6) is 11.5 Å². The molecular weight excluding hydrogens is 485 g/mol. The highest BCUT2D eigenvalue weighted by atomic mass is 79.9. The van der Waals surface area contributed by atoms with Gasteiger partial charge in [0.05, 0.1) is 15.6 Å². The maximum Gasteiger partial charge on any atom is 0.262 e. The van der Waals surface area contributed by atoms with E-state index in [9.17, 15) is 8.42 Å². The molecule has 8 heteroatoms. The predicted octanol–water partition coefficient (Wildman–Crippen LogP) is 6.91. The molecule has 0 unspecified atom stereocenters. The van der Waals surface area contributed by atoms with Gasteiger partial charge in [0.15, 0.2) is 5.75 Å². The fourth-order valence-electron chi connectivity index (χ4n) is 2.60. The van der Waals surface area contributed by atoms with Crippen LogP contribution in [-0.4, -0.2) is 8.42 Å². The average molecular weight is 501 g/mol. The smallest absolute Gasteiger partial charge is 0.262 e. The maximum atomic E-state index is 13.0. The Balaban J connectivity index is 1.95. The molecule has 0 aliphatic rings. The third kappa shape index (κ3) is 4.81. The quantitative estimate of drug-likeness (QED) is 0.400. The fraction of sp³-hybridized carbons (Fsp3) is 0.100. The van der Waals surface area contributed by atoms with E-state index in [1.54, 1.807) is 60.7 Å². The Hall–Kier alpha value is -1.73. The topological polar surface area (TPSA) is 55.4 Å². The first-order valence-corrected chi connectivity index (χ1v) is 11.4. The molecule has 0 aliphatic carbocycles. The lowest BCUT2D eigenvalue weighted by Gasteiger charge is -2.15. The molecule has 0 saturated heterocycles. The Bertz CT molecular complexity index is 1120. The fourth-order valence-corrected chi connectivity index (χ4v) is 4.82. The van der Waals surface area contributed by atoms with E-state index in [-0.39, 0.29) is 4.90 Å². The van der Waals surface area contributed by atoms with Crippen molar-refractivity contribution in [1.29, 1.82) is 0 Å². The summed E-state index contributed by atoms with van der Waals surface area (Å²) in [5.74, 6) is 0.695. The zero-order valence-corrected chi connectivity index (χ0v) is 18.7. The molecule has 3 rings (SSSR count). The maximum absolute atomic E-state index is 13.0. The van der Waals surface area contributed by atoms with Gasteiger partial charge in [-0.3, -0.25) is 4.72 Å². The van der Waals surface area contributed by atoms with Gasteiger partial charge >= 0.3 is 0 Å². The lowest BCUT2D eigenvalue weighted by Crippen LogP contribution is -2.15. The van der Waals surface area contributed by atoms with Gasteiger partial charge in [-0.1, -0.05) is 58.2 Å². The van der Waals surface area contributed by atoms with Crippen LogP contribution in [0.2, 0.25) is 10.0 Å². The Morgan fingerprint density at radius 2 is 1.75 bits per heavy atom. The third-order valence-electron chi connectivity index (χ3n) is 3.94. The summed E-state index contributed by atoms with van der Waals surface area (Å²) in [6.07, 6.45) is 0.578. The van der Waals surface area contributed by atoms with Gasteiger partial charge in [0.25, 0.3) is 10.0 Å². The molecular formula is C20H16BrCl2NO3S. The number of hydrogen-bond donors (Lipinski definition) is 1. The zero-order chi connectivity index (χ0) is 20.3. The molecule has 1 N–H and O–H groups in total. The van der Waals surface area contributed by atoms with Crippen LogP contribution in [0, 0.1) is 0 Å². The average Bonchev–Trinajstić information content (AvgIpc) is 2.65. The molecule has 3 aromatic rings. The second-order valence-corrected chi connectivity index (χ2v) is 9.29. The van der Waals surface area contributed by atoms with Crippen LogP contribution in [0.1, 0.15) is 12.5 Å². The van der Waals surface area contributed by atoms with E-state index >= 15 is 0 Å². The van der Waals surface area contributed by atoms with Gasteiger partial charge in [0, 0.05) is 9.50 Å². The molecule has 0 aromatic heterocycles. The number of hydrogen-bond acceptors (Lipinski definition) is 3. The Kier molecular flexibility index (Phi) is 6.55. The van der Waals surface area contributed by atoms with Crippen LogP contribution >= 0.6 is 39.1 Å². The van der Waals surface area contributed by atoms with Crippen molar-refractivity contribution in [2.75, 3.05) is 4.72 Å². The number of ether oxygens (including phenoxy) is 1. The summed E-state index contributed by atoms with van der Waals surface area (Å²) in [6, 6.07) is 16.6. The van der Waals surface area contributed by atoms with Gasteiger partial charge in [0.1, 0.15) is 5.75 Å². The molecule has 0 aliphatic heterocycles. The van der Waals surface area contributed by atoms with Crippen molar-refractivity contribution in [3.05, 3.63) is 80.7 Å². The largest absolute Gasteiger partial charge is 0.454 e. The lowest BCUT2D eigenvalue weighted by molar-refractivity contribution is 0.485. The van der Waals surface area contributed by atoms with E-state index in [0.717, 1.165) is 4.47 Å². The highest BCUT2D eigenvalue weighted by molar-refractivity contribution is 9.10. The Morgan fingerprint density at radius 3 is 2.46 bits per heavy atom. The first-order chi connectivity index (χ1) is 13.3. The van der Waals surface area contributed by atoms with Crippen molar-refractivity contribution < 1.29 is 13.2 Å². The van der Waals surface area contributed by atoms with Crippen LogP contribution in [0.3, 0.4) is 0 Å². The first-order valence-electron chi connectivity index (χ1n) is 8.33. The summed E-state index contributed by atoms with van der Waals surface area (Å²) in [5.41, 5.74) is 1.01. The highest BCUT2D eigenvalue weighted by Gasteiger charge is 2.20. The molecule has 146 valence electrons. The molecule has 0 atom stereocenters. The van der Waals surface area contributed by atoms with Crippen LogP contribution in [0.4, 0.5) is 5.69 Å². The van der Waals surface area contributed by atoms with Crippen molar-refractivity contribution in [1.82, 2.24) is 0 Å². The van der Waals surface area contributed by atoms with Crippen LogP contribution < -0.4 is 9.46 Å². The van der Waals surface area contributed by atoms with Gasteiger partial charge in [-0.25, -0.2) is 8.42 Å². The molecule has 0 bridgehead atoms. The predicted molar refractivity (Wildman–Crippen MR) is 117 cm³/mol. The van der Waals surface area contributed by atoms with Crippen LogP contribution in [0.15, 0.2) is 70.0 Å². The van der Waals surface area contributed by atoms with E-state index in [1.807, 2.05) is 6.92 Å². The molecule has 0 heterocycles. The number of rotatable bonds is 6. The van der Waals surface area contributed by atoms with E-state index < -0.39 is 10.0 Å². The Morgan fingerprint density at radius 1 is 1.00 bits per heavy atom. The second kappa shape index (κ2) is 8.74. The molecule has 0 fully saturated rings. The minimum Gasteiger partial charge on any atom is -0.454 e. The van der Waals surface area contributed by atoms with E-state index in [2.05, 4.69) is 20.7 Å². The van der Waals surface area contributed by atoms with Crippen molar-refractivity contribution in [3.8, 4) is 11.5 Å². The van der Waals surface area contributed by atoms with Gasteiger partial charge in [-0.15, -0.1) is 0 Å². The van der Waals surface area contributed by atoms with Crippen molar-refractivity contribution in [2.24, 2.45) is 0 Å². The monoisotopic (exact) mass is 499 g/mol. The SMILES string of the molecule is CCc1cc(Br)ccc1S(=O)(=O)Nc1ccccc1Oc1ccc(Cl)cc1Cl. The van der Waals surface area contributed by atoms with Crippen molar-refractivity contribution in [3.63, 3.8) is 0 Å². The molecule has 0 amide bonds. The van der Waals surface area contributed by atoms with Gasteiger partial charge in [-0.2, -0.15) is 0 Å². The highest BCUT2D eigenvalue weighted by Crippen LogP contribution is 2.36. The molecule has 0 saturated carbocycles. The number of anilines is 1. The molecule has 0 radical (unpaired) electrons. The van der Waals surface area contributed by atoms with Gasteiger partial charge < -0.3 is 4.74 Å². The van der Waals surface area contributed by atoms with Crippen molar-refractivity contribution >= 4 is 54.8 Å². The zero-order valence-electron chi connectivity index (χ0n) is 14.7. The summed E-state index contributed by atoms with van der Waals surface area (Å²) < 4.78 is 35.2. The number of halogens is 3. The molecule has 4 nitrogen and oxygen atoms in total. The van der Waals surface area contributed by atoms with Gasteiger partial charge in [-0.05, 0) is 60.5 Å².